The molecule has 1 aromatic rings. The maximum absolute atomic E-state index is 14.1. The van der Waals surface area contributed by atoms with E-state index in [9.17, 15) is 18.7 Å². The van der Waals surface area contributed by atoms with Gasteiger partial charge in [0.1, 0.15) is 11.6 Å². The molecule has 0 aromatic heterocycles. The fourth-order valence-corrected chi connectivity index (χ4v) is 2.98. The van der Waals surface area contributed by atoms with Crippen LogP contribution in [0.15, 0.2) is 18.2 Å². The number of rotatable bonds is 7. The highest BCUT2D eigenvalue weighted by atomic mass is 19.1. The van der Waals surface area contributed by atoms with E-state index in [2.05, 4.69) is 10.6 Å². The zero-order valence-corrected chi connectivity index (χ0v) is 14.3. The molecule has 24 heavy (non-hydrogen) atoms. The number of amides is 2. The van der Waals surface area contributed by atoms with Gasteiger partial charge in [-0.3, -0.25) is 0 Å². The molecule has 1 aliphatic carbocycles. The van der Waals surface area contributed by atoms with Gasteiger partial charge in [0.15, 0.2) is 0 Å². The van der Waals surface area contributed by atoms with Crippen LogP contribution in [-0.2, 0) is 5.54 Å². The number of carbonyl (C=O) groups is 1. The Morgan fingerprint density at radius 2 is 2.04 bits per heavy atom. The van der Waals surface area contributed by atoms with Gasteiger partial charge in [0, 0.05) is 24.8 Å². The molecular formula is C18H26F2N2O2. The third kappa shape index (κ3) is 4.44. The first-order chi connectivity index (χ1) is 11.3. The van der Waals surface area contributed by atoms with E-state index in [4.69, 9.17) is 0 Å². The number of benzene rings is 1. The van der Waals surface area contributed by atoms with Crippen LogP contribution in [0.3, 0.4) is 0 Å². The van der Waals surface area contributed by atoms with E-state index in [0.717, 1.165) is 25.3 Å². The highest BCUT2D eigenvalue weighted by Crippen LogP contribution is 2.42. The largest absolute Gasteiger partial charge is 0.396 e. The lowest BCUT2D eigenvalue weighted by atomic mass is 9.71. The molecule has 6 heteroatoms. The summed E-state index contributed by atoms with van der Waals surface area (Å²) in [5.74, 6) is -1.25. The van der Waals surface area contributed by atoms with Crippen molar-refractivity contribution in [2.24, 2.45) is 5.41 Å². The molecule has 1 aromatic carbocycles. The van der Waals surface area contributed by atoms with E-state index < -0.39 is 17.2 Å². The molecule has 0 atom stereocenters. The smallest absolute Gasteiger partial charge is 0.315 e. The Balaban J connectivity index is 1.89. The summed E-state index contributed by atoms with van der Waals surface area (Å²) in [6.45, 7) is 4.52. The van der Waals surface area contributed by atoms with Crippen LogP contribution in [0.5, 0.6) is 0 Å². The number of halogens is 2. The summed E-state index contributed by atoms with van der Waals surface area (Å²) >= 11 is 0. The first-order valence-corrected chi connectivity index (χ1v) is 8.40. The van der Waals surface area contributed by atoms with E-state index in [1.807, 2.05) is 13.8 Å². The summed E-state index contributed by atoms with van der Waals surface area (Å²) in [7, 11) is 0. The average Bonchev–Trinajstić information content (AvgIpc) is 2.48. The fraction of sp³-hybridized carbons (Fsp3) is 0.611. The lowest BCUT2D eigenvalue weighted by Gasteiger charge is -2.43. The third-order valence-electron chi connectivity index (χ3n) is 4.75. The molecule has 1 saturated carbocycles. The molecule has 2 amide bonds. The first kappa shape index (κ1) is 18.6. The molecule has 0 unspecified atom stereocenters. The van der Waals surface area contributed by atoms with Crippen LogP contribution in [0, 0.1) is 17.0 Å². The Labute approximate surface area is 141 Å². The summed E-state index contributed by atoms with van der Waals surface area (Å²) in [5.41, 5.74) is -0.566. The Kier molecular flexibility index (Phi) is 5.80. The lowest BCUT2D eigenvalue weighted by molar-refractivity contribution is 0.147. The van der Waals surface area contributed by atoms with Gasteiger partial charge in [0.2, 0.25) is 0 Å². The van der Waals surface area contributed by atoms with E-state index in [-0.39, 0.29) is 18.1 Å². The van der Waals surface area contributed by atoms with E-state index in [1.54, 1.807) is 0 Å². The van der Waals surface area contributed by atoms with Crippen molar-refractivity contribution >= 4 is 6.03 Å². The highest BCUT2D eigenvalue weighted by molar-refractivity contribution is 5.75. The molecule has 3 N–H and O–H groups in total. The molecular weight excluding hydrogens is 314 g/mol. The first-order valence-electron chi connectivity index (χ1n) is 8.40. The second-order valence-electron chi connectivity index (χ2n) is 7.37. The standard InChI is InChI=1S/C18H26F2N2O2/c1-17(2,12-23)7-4-10-21-16(24)22-18(8-3-9-18)14-6-5-13(19)11-15(14)20/h5-6,11,23H,3-4,7-10,12H2,1-2H3,(H2,21,22,24). The Hall–Kier alpha value is -1.69. The quantitative estimate of drug-likeness (QED) is 0.666. The second-order valence-corrected chi connectivity index (χ2v) is 7.37. The molecule has 2 rings (SSSR count). The van der Waals surface area contributed by atoms with Gasteiger partial charge in [0.05, 0.1) is 5.54 Å². The zero-order valence-electron chi connectivity index (χ0n) is 14.3. The zero-order chi connectivity index (χ0) is 17.8. The van der Waals surface area contributed by atoms with Crippen LogP contribution < -0.4 is 10.6 Å². The van der Waals surface area contributed by atoms with Gasteiger partial charge in [-0.25, -0.2) is 13.6 Å². The van der Waals surface area contributed by atoms with Gasteiger partial charge in [0.25, 0.3) is 0 Å². The second kappa shape index (κ2) is 7.47. The van der Waals surface area contributed by atoms with Gasteiger partial charge in [-0.2, -0.15) is 0 Å². The third-order valence-corrected chi connectivity index (χ3v) is 4.75. The molecule has 0 heterocycles. The molecule has 4 nitrogen and oxygen atoms in total. The van der Waals surface area contributed by atoms with Gasteiger partial charge < -0.3 is 15.7 Å². The predicted molar refractivity (Wildman–Crippen MR) is 88.5 cm³/mol. The fourth-order valence-electron chi connectivity index (χ4n) is 2.98. The minimum Gasteiger partial charge on any atom is -0.396 e. The average molecular weight is 340 g/mol. The van der Waals surface area contributed by atoms with Crippen molar-refractivity contribution in [1.29, 1.82) is 0 Å². The van der Waals surface area contributed by atoms with Crippen molar-refractivity contribution in [1.82, 2.24) is 10.6 Å². The predicted octanol–water partition coefficient (Wildman–Crippen LogP) is 3.44. The van der Waals surface area contributed by atoms with Crippen molar-refractivity contribution in [3.8, 4) is 0 Å². The topological polar surface area (TPSA) is 61.4 Å². The number of aliphatic hydroxyl groups excluding tert-OH is 1. The maximum atomic E-state index is 14.1. The van der Waals surface area contributed by atoms with Gasteiger partial charge in [-0.15, -0.1) is 0 Å². The Morgan fingerprint density at radius 1 is 1.33 bits per heavy atom. The minimum absolute atomic E-state index is 0.103. The van der Waals surface area contributed by atoms with E-state index >= 15 is 0 Å². The van der Waals surface area contributed by atoms with Gasteiger partial charge >= 0.3 is 6.03 Å². The van der Waals surface area contributed by atoms with Crippen molar-refractivity contribution in [2.45, 2.75) is 51.5 Å². The van der Waals surface area contributed by atoms with Crippen LogP contribution in [0.25, 0.3) is 0 Å². The maximum Gasteiger partial charge on any atom is 0.315 e. The summed E-state index contributed by atoms with van der Waals surface area (Å²) < 4.78 is 27.2. The number of hydrogen-bond donors (Lipinski definition) is 3. The SMILES string of the molecule is CC(C)(CO)CCCNC(=O)NC1(c2ccc(F)cc2F)CCC1. The molecule has 1 fully saturated rings. The highest BCUT2D eigenvalue weighted by Gasteiger charge is 2.42. The molecule has 0 spiro atoms. The van der Waals surface area contributed by atoms with E-state index in [0.29, 0.717) is 24.9 Å². The summed E-state index contributed by atoms with van der Waals surface area (Å²) in [5, 5.41) is 14.8. The molecule has 0 radical (unpaired) electrons. The summed E-state index contributed by atoms with van der Waals surface area (Å²) in [6, 6.07) is 3.13. The summed E-state index contributed by atoms with van der Waals surface area (Å²) in [4.78, 5) is 12.1. The van der Waals surface area contributed by atoms with Crippen LogP contribution >= 0.6 is 0 Å². The molecule has 0 aliphatic heterocycles. The summed E-state index contributed by atoms with van der Waals surface area (Å²) in [6.07, 6.45) is 3.71. The van der Waals surface area contributed by atoms with E-state index in [1.165, 1.54) is 12.1 Å². The van der Waals surface area contributed by atoms with Crippen LogP contribution in [-0.4, -0.2) is 24.3 Å². The van der Waals surface area contributed by atoms with Gasteiger partial charge in [-0.05, 0) is 43.6 Å². The monoisotopic (exact) mass is 340 g/mol. The number of carbonyl (C=O) groups excluding carboxylic acids is 1. The van der Waals surface area contributed by atoms with Crippen molar-refractivity contribution < 1.29 is 18.7 Å². The minimum atomic E-state index is -0.744. The lowest BCUT2D eigenvalue weighted by Crippen LogP contribution is -2.54. The Bertz CT molecular complexity index is 586. The normalized spacial score (nSPS) is 16.4. The van der Waals surface area contributed by atoms with Crippen LogP contribution in [0.2, 0.25) is 0 Å². The Morgan fingerprint density at radius 3 is 2.58 bits per heavy atom. The van der Waals surface area contributed by atoms with Crippen molar-refractivity contribution in [2.75, 3.05) is 13.2 Å². The number of urea groups is 1. The number of hydrogen-bond acceptors (Lipinski definition) is 2. The van der Waals surface area contributed by atoms with Gasteiger partial charge in [-0.1, -0.05) is 19.9 Å². The van der Waals surface area contributed by atoms with Crippen molar-refractivity contribution in [3.63, 3.8) is 0 Å². The van der Waals surface area contributed by atoms with Crippen molar-refractivity contribution in [3.05, 3.63) is 35.4 Å². The molecule has 0 saturated heterocycles. The molecule has 0 bridgehead atoms. The van der Waals surface area contributed by atoms with Crippen LogP contribution in [0.4, 0.5) is 13.6 Å². The van der Waals surface area contributed by atoms with Crippen LogP contribution in [0.1, 0.15) is 51.5 Å². The number of aliphatic hydroxyl groups is 1. The number of nitrogens with one attached hydrogen (secondary N) is 2. The molecule has 134 valence electrons. The molecule has 1 aliphatic rings.